The van der Waals surface area contributed by atoms with Gasteiger partial charge >= 0.3 is 0 Å². The fraction of sp³-hybridized carbons (Fsp3) is 0.333. The van der Waals surface area contributed by atoms with Crippen LogP contribution in [0, 0.1) is 13.8 Å². The van der Waals surface area contributed by atoms with Crippen LogP contribution in [-0.2, 0) is 11.3 Å². The summed E-state index contributed by atoms with van der Waals surface area (Å²) < 4.78 is 6.09. The lowest BCUT2D eigenvalue weighted by atomic mass is 10.1. The number of aryl methyl sites for hydroxylation is 1. The summed E-state index contributed by atoms with van der Waals surface area (Å²) in [4.78, 5) is 23.1. The van der Waals surface area contributed by atoms with Gasteiger partial charge in [-0.15, -0.1) is 22.7 Å². The smallest absolute Gasteiger partial charge is 0.258 e. The number of carbonyl (C=O) groups excluding carboxylic acids is 1. The van der Waals surface area contributed by atoms with Crippen molar-refractivity contribution < 1.29 is 9.53 Å². The highest BCUT2D eigenvalue weighted by Crippen LogP contribution is 2.31. The van der Waals surface area contributed by atoms with Crippen LogP contribution in [0.25, 0.3) is 10.4 Å². The molecule has 3 heterocycles. The summed E-state index contributed by atoms with van der Waals surface area (Å²) >= 11 is 3.27. The van der Waals surface area contributed by atoms with Gasteiger partial charge in [0, 0.05) is 60.4 Å². The fourth-order valence-electron chi connectivity index (χ4n) is 4.84. The molecular formula is C30H34N4O2S2. The van der Waals surface area contributed by atoms with Gasteiger partial charge in [0.1, 0.15) is 10.8 Å². The van der Waals surface area contributed by atoms with E-state index in [1.807, 2.05) is 18.4 Å². The van der Waals surface area contributed by atoms with E-state index in [1.165, 1.54) is 38.6 Å². The van der Waals surface area contributed by atoms with E-state index in [2.05, 4.69) is 81.8 Å². The minimum absolute atomic E-state index is 0.0263. The molecule has 0 saturated carbocycles. The maximum absolute atomic E-state index is 12.6. The van der Waals surface area contributed by atoms with Gasteiger partial charge in [-0.2, -0.15) is 0 Å². The van der Waals surface area contributed by atoms with Crippen molar-refractivity contribution in [2.75, 3.05) is 37.7 Å². The Kier molecular flexibility index (Phi) is 8.42. The molecule has 1 atom stereocenters. The van der Waals surface area contributed by atoms with E-state index in [0.717, 1.165) is 49.0 Å². The van der Waals surface area contributed by atoms with Gasteiger partial charge in [0.25, 0.3) is 5.91 Å². The van der Waals surface area contributed by atoms with Gasteiger partial charge in [-0.25, -0.2) is 4.98 Å². The molecule has 198 valence electrons. The summed E-state index contributed by atoms with van der Waals surface area (Å²) in [7, 11) is 0. The van der Waals surface area contributed by atoms with Gasteiger partial charge in [-0.3, -0.25) is 9.69 Å². The Morgan fingerprint density at radius 2 is 1.89 bits per heavy atom. The zero-order chi connectivity index (χ0) is 26.5. The molecule has 5 rings (SSSR count). The largest absolute Gasteiger partial charge is 0.483 e. The molecule has 6 nitrogen and oxygen atoms in total. The van der Waals surface area contributed by atoms with Crippen molar-refractivity contribution in [2.45, 2.75) is 33.4 Å². The molecule has 38 heavy (non-hydrogen) atoms. The normalized spacial score (nSPS) is 14.9. The third kappa shape index (κ3) is 6.26. The number of amides is 1. The average Bonchev–Trinajstić information content (AvgIpc) is 3.65. The van der Waals surface area contributed by atoms with Crippen molar-refractivity contribution in [1.29, 1.82) is 0 Å². The van der Waals surface area contributed by atoms with E-state index < -0.39 is 0 Å². The van der Waals surface area contributed by atoms with Crippen molar-refractivity contribution in [3.63, 3.8) is 0 Å². The molecular weight excluding hydrogens is 512 g/mol. The van der Waals surface area contributed by atoms with Crippen LogP contribution in [0.4, 0.5) is 5.69 Å². The molecule has 2 aromatic heterocycles. The zero-order valence-corrected chi connectivity index (χ0v) is 23.8. The number of thiazole rings is 1. The first-order valence-corrected chi connectivity index (χ1v) is 14.8. The molecule has 1 amide bonds. The van der Waals surface area contributed by atoms with Gasteiger partial charge < -0.3 is 15.0 Å². The fourth-order valence-corrected chi connectivity index (χ4v) is 6.21. The van der Waals surface area contributed by atoms with E-state index in [4.69, 9.17) is 4.74 Å². The van der Waals surface area contributed by atoms with Crippen LogP contribution in [0.5, 0.6) is 5.75 Å². The number of anilines is 1. The third-order valence-corrected chi connectivity index (χ3v) is 8.98. The van der Waals surface area contributed by atoms with Crippen LogP contribution < -0.4 is 15.0 Å². The van der Waals surface area contributed by atoms with E-state index in [0.29, 0.717) is 0 Å². The van der Waals surface area contributed by atoms with E-state index in [9.17, 15) is 4.79 Å². The number of hydrogen-bond acceptors (Lipinski definition) is 7. The maximum Gasteiger partial charge on any atom is 0.258 e. The number of benzene rings is 2. The van der Waals surface area contributed by atoms with Crippen LogP contribution in [-0.4, -0.2) is 48.6 Å². The highest BCUT2D eigenvalue weighted by atomic mass is 32.1. The Morgan fingerprint density at radius 3 is 2.63 bits per heavy atom. The van der Waals surface area contributed by atoms with Gasteiger partial charge in [-0.05, 0) is 73.2 Å². The standard InChI is InChI=1S/C30H34N4O2S2/c1-21-6-4-7-26(22(21)2)34-14-12-33(13-15-34)19-25-18-24(28-8-5-16-37-28)9-10-27(25)36-20-29(35)32-23(3)30-31-11-17-38-30/h4-11,16-18,23H,12-15,19-20H2,1-3H3,(H,32,35)/t23-/m0/s1. The van der Waals surface area contributed by atoms with Crippen LogP contribution in [0.2, 0.25) is 0 Å². The Morgan fingerprint density at radius 1 is 1.05 bits per heavy atom. The Labute approximate surface area is 232 Å². The zero-order valence-electron chi connectivity index (χ0n) is 22.1. The third-order valence-electron chi connectivity index (χ3n) is 7.11. The van der Waals surface area contributed by atoms with Gasteiger partial charge in [0.05, 0.1) is 6.04 Å². The average molecular weight is 547 g/mol. The van der Waals surface area contributed by atoms with Crippen molar-refractivity contribution >= 4 is 34.3 Å². The second kappa shape index (κ2) is 12.1. The molecule has 0 aliphatic carbocycles. The SMILES string of the molecule is Cc1cccc(N2CCN(Cc3cc(-c4cccs4)ccc3OCC(=O)N[C@@H](C)c3nccs3)CC2)c1C. The minimum Gasteiger partial charge on any atom is -0.483 e. The Balaban J connectivity index is 1.26. The van der Waals surface area contributed by atoms with Crippen LogP contribution in [0.1, 0.15) is 34.7 Å². The molecule has 1 N–H and O–H groups in total. The number of hydrogen-bond donors (Lipinski definition) is 1. The first-order chi connectivity index (χ1) is 18.5. The maximum atomic E-state index is 12.6. The van der Waals surface area contributed by atoms with E-state index in [-0.39, 0.29) is 18.6 Å². The van der Waals surface area contributed by atoms with Gasteiger partial charge in [0.15, 0.2) is 6.61 Å². The quantitative estimate of drug-likeness (QED) is 0.276. The van der Waals surface area contributed by atoms with E-state index >= 15 is 0 Å². The molecule has 1 saturated heterocycles. The second-order valence-electron chi connectivity index (χ2n) is 9.73. The topological polar surface area (TPSA) is 57.7 Å². The second-order valence-corrected chi connectivity index (χ2v) is 11.6. The number of nitrogens with zero attached hydrogens (tertiary/aromatic N) is 3. The predicted molar refractivity (Wildman–Crippen MR) is 157 cm³/mol. The predicted octanol–water partition coefficient (Wildman–Crippen LogP) is 6.07. The number of piperazine rings is 1. The van der Waals surface area contributed by atoms with Gasteiger partial charge in [-0.1, -0.05) is 18.2 Å². The van der Waals surface area contributed by atoms with Crippen molar-refractivity contribution in [3.05, 3.63) is 87.2 Å². The highest BCUT2D eigenvalue weighted by molar-refractivity contribution is 7.13. The number of aromatic nitrogens is 1. The molecule has 2 aromatic carbocycles. The van der Waals surface area contributed by atoms with Crippen LogP contribution in [0.15, 0.2) is 65.5 Å². The summed E-state index contributed by atoms with van der Waals surface area (Å²) in [6, 6.07) is 16.9. The highest BCUT2D eigenvalue weighted by Gasteiger charge is 2.21. The monoisotopic (exact) mass is 546 g/mol. The van der Waals surface area contributed by atoms with Gasteiger partial charge in [0.2, 0.25) is 0 Å². The summed E-state index contributed by atoms with van der Waals surface area (Å²) in [5.74, 6) is 0.613. The summed E-state index contributed by atoms with van der Waals surface area (Å²) in [6.07, 6.45) is 1.75. The Bertz CT molecular complexity index is 1350. The summed E-state index contributed by atoms with van der Waals surface area (Å²) in [6.45, 7) is 11.0. The number of thiophene rings is 1. The molecule has 8 heteroatoms. The van der Waals surface area contributed by atoms with Crippen LogP contribution in [0.3, 0.4) is 0 Å². The molecule has 0 bridgehead atoms. The first-order valence-electron chi connectivity index (χ1n) is 13.0. The minimum atomic E-state index is -0.150. The number of nitrogens with one attached hydrogen (secondary N) is 1. The summed E-state index contributed by atoms with van der Waals surface area (Å²) in [5, 5.41) is 7.89. The number of carbonyl (C=O) groups is 1. The molecule has 1 aliphatic rings. The molecule has 1 aliphatic heterocycles. The molecule has 4 aromatic rings. The molecule has 0 unspecified atom stereocenters. The van der Waals surface area contributed by atoms with Crippen molar-refractivity contribution in [2.24, 2.45) is 0 Å². The van der Waals surface area contributed by atoms with Crippen molar-refractivity contribution in [3.8, 4) is 16.2 Å². The van der Waals surface area contributed by atoms with E-state index in [1.54, 1.807) is 17.5 Å². The molecule has 0 radical (unpaired) electrons. The molecule has 1 fully saturated rings. The first kappa shape index (κ1) is 26.4. The summed E-state index contributed by atoms with van der Waals surface area (Å²) in [5.41, 5.74) is 6.33. The molecule has 0 spiro atoms. The van der Waals surface area contributed by atoms with Crippen LogP contribution >= 0.6 is 22.7 Å². The lowest BCUT2D eigenvalue weighted by Crippen LogP contribution is -2.46. The Hall–Kier alpha value is -3.20. The lowest BCUT2D eigenvalue weighted by molar-refractivity contribution is -0.123. The number of ether oxygens (including phenoxy) is 1. The lowest BCUT2D eigenvalue weighted by Gasteiger charge is -2.37. The number of rotatable bonds is 9. The van der Waals surface area contributed by atoms with Crippen molar-refractivity contribution in [1.82, 2.24) is 15.2 Å².